The monoisotopic (exact) mass is 314 g/mol. The van der Waals surface area contributed by atoms with Crippen LogP contribution in [0.5, 0.6) is 0 Å². The maximum Gasteiger partial charge on any atom is 0.250 e. The van der Waals surface area contributed by atoms with Crippen LogP contribution in [-0.2, 0) is 4.79 Å². The molecule has 3 rings (SSSR count). The molecule has 23 heavy (non-hydrogen) atoms. The number of benzene rings is 1. The SMILES string of the molecule is CCCC(=O)NC1CCCN(c2nnnn2-c2ccccc2)C1. The fourth-order valence-electron chi connectivity index (χ4n) is 2.92. The zero-order valence-electron chi connectivity index (χ0n) is 13.4. The van der Waals surface area contributed by atoms with E-state index in [2.05, 4.69) is 25.7 Å². The Labute approximate surface area is 135 Å². The van der Waals surface area contributed by atoms with E-state index in [1.165, 1.54) is 0 Å². The number of aromatic nitrogens is 4. The van der Waals surface area contributed by atoms with E-state index in [9.17, 15) is 4.79 Å². The van der Waals surface area contributed by atoms with Crippen molar-refractivity contribution in [2.24, 2.45) is 0 Å². The highest BCUT2D eigenvalue weighted by Gasteiger charge is 2.25. The Bertz CT molecular complexity index is 641. The molecule has 1 fully saturated rings. The van der Waals surface area contributed by atoms with Crippen LogP contribution in [0, 0.1) is 0 Å². The van der Waals surface area contributed by atoms with Crippen LogP contribution in [-0.4, -0.2) is 45.2 Å². The van der Waals surface area contributed by atoms with E-state index in [1.807, 2.05) is 37.3 Å². The average molecular weight is 314 g/mol. The molecule has 7 nitrogen and oxygen atoms in total. The van der Waals surface area contributed by atoms with Crippen LogP contribution in [0.4, 0.5) is 5.95 Å². The van der Waals surface area contributed by atoms with Crippen molar-refractivity contribution in [3.8, 4) is 5.69 Å². The predicted molar refractivity (Wildman–Crippen MR) is 87.4 cm³/mol. The molecule has 1 saturated heterocycles. The van der Waals surface area contributed by atoms with Crippen molar-refractivity contribution in [3.63, 3.8) is 0 Å². The number of amides is 1. The summed E-state index contributed by atoms with van der Waals surface area (Å²) >= 11 is 0. The summed E-state index contributed by atoms with van der Waals surface area (Å²) in [5.41, 5.74) is 0.935. The average Bonchev–Trinajstić information content (AvgIpc) is 3.06. The van der Waals surface area contributed by atoms with Gasteiger partial charge in [-0.05, 0) is 41.8 Å². The first kappa shape index (κ1) is 15.5. The molecule has 7 heteroatoms. The molecule has 0 spiro atoms. The molecular weight excluding hydrogens is 292 g/mol. The lowest BCUT2D eigenvalue weighted by molar-refractivity contribution is -0.121. The fourth-order valence-corrected chi connectivity index (χ4v) is 2.92. The molecule has 1 unspecified atom stereocenters. The first-order chi connectivity index (χ1) is 11.3. The third-order valence-electron chi connectivity index (χ3n) is 4.00. The van der Waals surface area contributed by atoms with Crippen LogP contribution in [0.25, 0.3) is 5.69 Å². The molecule has 1 aliphatic rings. The Morgan fingerprint density at radius 2 is 2.17 bits per heavy atom. The normalized spacial score (nSPS) is 18.0. The number of tetrazole rings is 1. The smallest absolute Gasteiger partial charge is 0.250 e. The number of rotatable bonds is 5. The highest BCUT2D eigenvalue weighted by molar-refractivity contribution is 5.76. The van der Waals surface area contributed by atoms with E-state index in [0.29, 0.717) is 6.42 Å². The van der Waals surface area contributed by atoms with Crippen molar-refractivity contribution < 1.29 is 4.79 Å². The Hall–Kier alpha value is -2.44. The first-order valence-electron chi connectivity index (χ1n) is 8.16. The van der Waals surface area contributed by atoms with Gasteiger partial charge in [-0.2, -0.15) is 4.68 Å². The maximum atomic E-state index is 11.8. The first-order valence-corrected chi connectivity index (χ1v) is 8.16. The highest BCUT2D eigenvalue weighted by Crippen LogP contribution is 2.20. The third kappa shape index (κ3) is 3.67. The third-order valence-corrected chi connectivity index (χ3v) is 4.00. The van der Waals surface area contributed by atoms with Gasteiger partial charge in [0.05, 0.1) is 5.69 Å². The fraction of sp³-hybridized carbons (Fsp3) is 0.500. The van der Waals surface area contributed by atoms with Crippen molar-refractivity contribution in [3.05, 3.63) is 30.3 Å². The number of nitrogens with one attached hydrogen (secondary N) is 1. The lowest BCUT2D eigenvalue weighted by Crippen LogP contribution is -2.48. The number of hydrogen-bond acceptors (Lipinski definition) is 5. The Kier molecular flexibility index (Phi) is 4.85. The summed E-state index contributed by atoms with van der Waals surface area (Å²) in [4.78, 5) is 14.0. The summed E-state index contributed by atoms with van der Waals surface area (Å²) in [6.07, 6.45) is 3.46. The van der Waals surface area contributed by atoms with Crippen LogP contribution in [0.2, 0.25) is 0 Å². The second-order valence-electron chi connectivity index (χ2n) is 5.83. The van der Waals surface area contributed by atoms with Gasteiger partial charge in [0.25, 0.3) is 0 Å². The molecule has 1 N–H and O–H groups in total. The van der Waals surface area contributed by atoms with Gasteiger partial charge >= 0.3 is 0 Å². The van der Waals surface area contributed by atoms with Gasteiger partial charge in [0.1, 0.15) is 0 Å². The van der Waals surface area contributed by atoms with Gasteiger partial charge in [-0.3, -0.25) is 4.79 Å². The standard InChI is InChI=1S/C16H22N6O/c1-2-7-15(23)17-13-8-6-11-21(12-13)16-18-19-20-22(16)14-9-4-3-5-10-14/h3-5,9-10,13H,2,6-8,11-12H2,1H3,(H,17,23). The van der Waals surface area contributed by atoms with E-state index >= 15 is 0 Å². The second-order valence-corrected chi connectivity index (χ2v) is 5.83. The molecule has 1 atom stereocenters. The minimum absolute atomic E-state index is 0.127. The number of carbonyl (C=O) groups excluding carboxylic acids is 1. The molecule has 122 valence electrons. The van der Waals surface area contributed by atoms with E-state index in [0.717, 1.165) is 44.0 Å². The van der Waals surface area contributed by atoms with Crippen LogP contribution in [0.15, 0.2) is 30.3 Å². The number of anilines is 1. The van der Waals surface area contributed by atoms with E-state index in [-0.39, 0.29) is 11.9 Å². The van der Waals surface area contributed by atoms with Crippen LogP contribution < -0.4 is 10.2 Å². The quantitative estimate of drug-likeness (QED) is 0.906. The van der Waals surface area contributed by atoms with Crippen molar-refractivity contribution in [2.75, 3.05) is 18.0 Å². The molecule has 0 aliphatic carbocycles. The lowest BCUT2D eigenvalue weighted by atomic mass is 10.1. The molecule has 2 heterocycles. The number of para-hydroxylation sites is 1. The summed E-state index contributed by atoms with van der Waals surface area (Å²) in [6.45, 7) is 3.65. The number of nitrogens with zero attached hydrogens (tertiary/aromatic N) is 5. The highest BCUT2D eigenvalue weighted by atomic mass is 16.1. The van der Waals surface area contributed by atoms with Gasteiger partial charge < -0.3 is 10.2 Å². The molecular formula is C16H22N6O. The number of hydrogen-bond donors (Lipinski definition) is 1. The van der Waals surface area contributed by atoms with Gasteiger partial charge in [0.2, 0.25) is 11.9 Å². The van der Waals surface area contributed by atoms with Gasteiger partial charge in [-0.15, -0.1) is 0 Å². The summed E-state index contributed by atoms with van der Waals surface area (Å²) in [5, 5.41) is 15.2. The predicted octanol–water partition coefficient (Wildman–Crippen LogP) is 1.55. The van der Waals surface area contributed by atoms with Crippen LogP contribution >= 0.6 is 0 Å². The number of piperidine rings is 1. The Balaban J connectivity index is 1.72. The maximum absolute atomic E-state index is 11.8. The summed E-state index contributed by atoms with van der Waals surface area (Å²) in [7, 11) is 0. The number of carbonyl (C=O) groups is 1. The lowest BCUT2D eigenvalue weighted by Gasteiger charge is -2.33. The summed E-state index contributed by atoms with van der Waals surface area (Å²) in [6, 6.07) is 10.0. The van der Waals surface area contributed by atoms with Crippen molar-refractivity contribution in [1.29, 1.82) is 0 Å². The molecule has 0 bridgehead atoms. The minimum atomic E-state index is 0.127. The van der Waals surface area contributed by atoms with Crippen LogP contribution in [0.1, 0.15) is 32.6 Å². The summed E-state index contributed by atoms with van der Waals surface area (Å²) in [5.74, 6) is 0.854. The largest absolute Gasteiger partial charge is 0.352 e. The molecule has 0 saturated carbocycles. The zero-order chi connectivity index (χ0) is 16.1. The van der Waals surface area contributed by atoms with Gasteiger partial charge in [-0.25, -0.2) is 0 Å². The summed E-state index contributed by atoms with van der Waals surface area (Å²) < 4.78 is 1.75. The second kappa shape index (κ2) is 7.21. The molecule has 2 aromatic rings. The molecule has 1 aliphatic heterocycles. The van der Waals surface area contributed by atoms with Crippen molar-refractivity contribution in [2.45, 2.75) is 38.6 Å². The Morgan fingerprint density at radius 1 is 1.35 bits per heavy atom. The molecule has 0 radical (unpaired) electrons. The minimum Gasteiger partial charge on any atom is -0.352 e. The van der Waals surface area contributed by atoms with Crippen molar-refractivity contribution in [1.82, 2.24) is 25.5 Å². The van der Waals surface area contributed by atoms with E-state index in [1.54, 1.807) is 4.68 Å². The molecule has 1 aromatic carbocycles. The van der Waals surface area contributed by atoms with Gasteiger partial charge in [0, 0.05) is 25.6 Å². The van der Waals surface area contributed by atoms with E-state index < -0.39 is 0 Å². The Morgan fingerprint density at radius 3 is 2.96 bits per heavy atom. The zero-order valence-corrected chi connectivity index (χ0v) is 13.4. The van der Waals surface area contributed by atoms with Crippen molar-refractivity contribution >= 4 is 11.9 Å². The van der Waals surface area contributed by atoms with E-state index in [4.69, 9.17) is 0 Å². The van der Waals surface area contributed by atoms with Crippen LogP contribution in [0.3, 0.4) is 0 Å². The van der Waals surface area contributed by atoms with Gasteiger partial charge in [0.15, 0.2) is 0 Å². The van der Waals surface area contributed by atoms with Gasteiger partial charge in [-0.1, -0.05) is 30.2 Å². The molecule has 1 amide bonds. The topological polar surface area (TPSA) is 75.9 Å². The molecule has 1 aromatic heterocycles.